The maximum absolute atomic E-state index is 11.5. The normalized spacial score (nSPS) is 12.0. The number of anilines is 1. The molecule has 0 aromatic heterocycles. The van der Waals surface area contributed by atoms with Crippen LogP contribution in [-0.4, -0.2) is 23.8 Å². The van der Waals surface area contributed by atoms with Gasteiger partial charge >= 0.3 is 6.03 Å². The molecule has 0 heterocycles. The smallest absolute Gasteiger partial charge is 0.319 e. The second-order valence-corrected chi connectivity index (χ2v) is 4.33. The first-order valence-corrected chi connectivity index (χ1v) is 5.95. The Kier molecular flexibility index (Phi) is 5.55. The number of carbonyl (C=O) groups excluding carboxylic acids is 1. The standard InChI is InChI=1S/C11H14Cl2N2O2/c1-2-7(6-16)14-11(17)15-8-3-4-9(12)10(13)5-8/h3-5,7,16H,2,6H2,1H3,(H2,14,15,17)/t7-/m1/s1. The number of aliphatic hydroxyl groups is 1. The van der Waals surface area contributed by atoms with Crippen molar-refractivity contribution < 1.29 is 9.90 Å². The summed E-state index contributed by atoms with van der Waals surface area (Å²) in [6.07, 6.45) is 0.658. The molecule has 94 valence electrons. The first kappa shape index (κ1) is 14.1. The number of aliphatic hydroxyl groups excluding tert-OH is 1. The first-order chi connectivity index (χ1) is 8.06. The second-order valence-electron chi connectivity index (χ2n) is 3.52. The van der Waals surface area contributed by atoms with Crippen LogP contribution in [0.15, 0.2) is 18.2 Å². The monoisotopic (exact) mass is 276 g/mol. The van der Waals surface area contributed by atoms with E-state index in [0.29, 0.717) is 22.2 Å². The lowest BCUT2D eigenvalue weighted by Gasteiger charge is -2.14. The SMILES string of the molecule is CC[C@H](CO)NC(=O)Nc1ccc(Cl)c(Cl)c1. The van der Waals surface area contributed by atoms with E-state index in [1.54, 1.807) is 18.2 Å². The van der Waals surface area contributed by atoms with Crippen LogP contribution >= 0.6 is 23.2 Å². The molecule has 1 atom stereocenters. The Morgan fingerprint density at radius 1 is 1.41 bits per heavy atom. The fourth-order valence-corrected chi connectivity index (χ4v) is 1.50. The van der Waals surface area contributed by atoms with Crippen molar-refractivity contribution in [2.75, 3.05) is 11.9 Å². The molecule has 1 aromatic rings. The maximum Gasteiger partial charge on any atom is 0.319 e. The van der Waals surface area contributed by atoms with Crippen molar-refractivity contribution in [3.63, 3.8) is 0 Å². The van der Waals surface area contributed by atoms with E-state index in [2.05, 4.69) is 10.6 Å². The Balaban J connectivity index is 2.58. The Labute approximate surface area is 110 Å². The fraction of sp³-hybridized carbons (Fsp3) is 0.364. The van der Waals surface area contributed by atoms with Gasteiger partial charge in [-0.2, -0.15) is 0 Å². The number of rotatable bonds is 4. The van der Waals surface area contributed by atoms with Crippen molar-refractivity contribution >= 4 is 34.9 Å². The van der Waals surface area contributed by atoms with Gasteiger partial charge in [-0.25, -0.2) is 4.79 Å². The molecule has 0 unspecified atom stereocenters. The number of carbonyl (C=O) groups is 1. The third-order valence-electron chi connectivity index (χ3n) is 2.23. The highest BCUT2D eigenvalue weighted by atomic mass is 35.5. The molecule has 17 heavy (non-hydrogen) atoms. The van der Waals surface area contributed by atoms with Gasteiger partial charge in [-0.15, -0.1) is 0 Å². The average molecular weight is 277 g/mol. The Bertz CT molecular complexity index is 395. The predicted molar refractivity (Wildman–Crippen MR) is 69.8 cm³/mol. The minimum absolute atomic E-state index is 0.0920. The van der Waals surface area contributed by atoms with Crippen LogP contribution in [0.3, 0.4) is 0 Å². The summed E-state index contributed by atoms with van der Waals surface area (Å²) in [6.45, 7) is 1.78. The zero-order valence-electron chi connectivity index (χ0n) is 9.34. The molecule has 4 nitrogen and oxygen atoms in total. The predicted octanol–water partition coefficient (Wildman–Crippen LogP) is 2.89. The zero-order valence-corrected chi connectivity index (χ0v) is 10.8. The average Bonchev–Trinajstić information content (AvgIpc) is 2.31. The summed E-state index contributed by atoms with van der Waals surface area (Å²) in [5, 5.41) is 15.0. The van der Waals surface area contributed by atoms with Gasteiger partial charge < -0.3 is 15.7 Å². The fourth-order valence-electron chi connectivity index (χ4n) is 1.20. The third kappa shape index (κ3) is 4.42. The molecular weight excluding hydrogens is 263 g/mol. The highest BCUT2D eigenvalue weighted by Gasteiger charge is 2.09. The number of hydrogen-bond acceptors (Lipinski definition) is 2. The van der Waals surface area contributed by atoms with Gasteiger partial charge in [0.05, 0.1) is 22.7 Å². The molecule has 0 saturated heterocycles. The van der Waals surface area contributed by atoms with Gasteiger partial charge in [0.15, 0.2) is 0 Å². The van der Waals surface area contributed by atoms with Gasteiger partial charge in [-0.1, -0.05) is 30.1 Å². The number of benzene rings is 1. The van der Waals surface area contributed by atoms with E-state index in [1.165, 1.54) is 0 Å². The summed E-state index contributed by atoms with van der Waals surface area (Å²) in [6, 6.07) is 4.17. The molecule has 1 aromatic carbocycles. The largest absolute Gasteiger partial charge is 0.394 e. The Morgan fingerprint density at radius 3 is 2.65 bits per heavy atom. The van der Waals surface area contributed by atoms with Crippen LogP contribution in [-0.2, 0) is 0 Å². The molecule has 0 saturated carbocycles. The van der Waals surface area contributed by atoms with E-state index in [-0.39, 0.29) is 18.7 Å². The maximum atomic E-state index is 11.5. The van der Waals surface area contributed by atoms with Crippen LogP contribution in [0, 0.1) is 0 Å². The topological polar surface area (TPSA) is 61.4 Å². The van der Waals surface area contributed by atoms with Crippen molar-refractivity contribution in [2.45, 2.75) is 19.4 Å². The van der Waals surface area contributed by atoms with Crippen molar-refractivity contribution in [1.29, 1.82) is 0 Å². The van der Waals surface area contributed by atoms with Crippen LogP contribution in [0.2, 0.25) is 10.0 Å². The second kappa shape index (κ2) is 6.69. The highest BCUT2D eigenvalue weighted by Crippen LogP contribution is 2.24. The van der Waals surface area contributed by atoms with Crippen molar-refractivity contribution in [2.24, 2.45) is 0 Å². The summed E-state index contributed by atoms with van der Waals surface area (Å²) in [5.41, 5.74) is 0.546. The summed E-state index contributed by atoms with van der Waals surface area (Å²) in [7, 11) is 0. The van der Waals surface area contributed by atoms with E-state index in [0.717, 1.165) is 0 Å². The molecule has 6 heteroatoms. The summed E-state index contributed by atoms with van der Waals surface area (Å²) < 4.78 is 0. The zero-order chi connectivity index (χ0) is 12.8. The van der Waals surface area contributed by atoms with Crippen LogP contribution in [0.5, 0.6) is 0 Å². The van der Waals surface area contributed by atoms with Crippen molar-refractivity contribution in [1.82, 2.24) is 5.32 Å². The first-order valence-electron chi connectivity index (χ1n) is 5.20. The lowest BCUT2D eigenvalue weighted by molar-refractivity contribution is 0.222. The van der Waals surface area contributed by atoms with Gasteiger partial charge in [-0.3, -0.25) is 0 Å². The lowest BCUT2D eigenvalue weighted by atomic mass is 10.2. The van der Waals surface area contributed by atoms with Gasteiger partial charge in [0, 0.05) is 5.69 Å². The van der Waals surface area contributed by atoms with E-state index < -0.39 is 0 Å². The molecule has 0 bridgehead atoms. The van der Waals surface area contributed by atoms with E-state index >= 15 is 0 Å². The van der Waals surface area contributed by atoms with Gasteiger partial charge in [0.2, 0.25) is 0 Å². The van der Waals surface area contributed by atoms with Crippen molar-refractivity contribution in [3.05, 3.63) is 28.2 Å². The summed E-state index contributed by atoms with van der Waals surface area (Å²) in [4.78, 5) is 11.5. The molecule has 2 amide bonds. The Morgan fingerprint density at radius 2 is 2.12 bits per heavy atom. The molecule has 3 N–H and O–H groups in total. The van der Waals surface area contributed by atoms with Crippen LogP contribution in [0.4, 0.5) is 10.5 Å². The van der Waals surface area contributed by atoms with Crippen molar-refractivity contribution in [3.8, 4) is 0 Å². The molecule has 0 fully saturated rings. The quantitative estimate of drug-likeness (QED) is 0.792. The molecule has 1 rings (SSSR count). The Hall–Kier alpha value is -0.970. The van der Waals surface area contributed by atoms with Gasteiger partial charge in [0.25, 0.3) is 0 Å². The van der Waals surface area contributed by atoms with E-state index in [9.17, 15) is 4.79 Å². The van der Waals surface area contributed by atoms with Crippen LogP contribution in [0.25, 0.3) is 0 Å². The molecule has 0 radical (unpaired) electrons. The minimum atomic E-state index is -0.385. The number of hydrogen-bond donors (Lipinski definition) is 3. The van der Waals surface area contributed by atoms with Gasteiger partial charge in [0.1, 0.15) is 0 Å². The number of urea groups is 1. The van der Waals surface area contributed by atoms with Crippen LogP contribution in [0.1, 0.15) is 13.3 Å². The summed E-state index contributed by atoms with van der Waals surface area (Å²) in [5.74, 6) is 0. The molecule has 0 aliphatic heterocycles. The number of amides is 2. The number of nitrogens with one attached hydrogen (secondary N) is 2. The molecule has 0 aliphatic carbocycles. The van der Waals surface area contributed by atoms with Gasteiger partial charge in [-0.05, 0) is 24.6 Å². The van der Waals surface area contributed by atoms with E-state index in [4.69, 9.17) is 28.3 Å². The third-order valence-corrected chi connectivity index (χ3v) is 2.96. The van der Waals surface area contributed by atoms with E-state index in [1.807, 2.05) is 6.92 Å². The highest BCUT2D eigenvalue weighted by molar-refractivity contribution is 6.42. The van der Waals surface area contributed by atoms with Crippen LogP contribution < -0.4 is 10.6 Å². The molecule has 0 aliphatic rings. The summed E-state index contributed by atoms with van der Waals surface area (Å²) >= 11 is 11.6. The molecular formula is C11H14Cl2N2O2. The number of halogens is 2. The minimum Gasteiger partial charge on any atom is -0.394 e. The lowest BCUT2D eigenvalue weighted by Crippen LogP contribution is -2.39. The molecule has 0 spiro atoms.